The van der Waals surface area contributed by atoms with Crippen LogP contribution in [0.4, 0.5) is 5.69 Å². The van der Waals surface area contributed by atoms with E-state index in [1.165, 1.54) is 0 Å². The van der Waals surface area contributed by atoms with Crippen molar-refractivity contribution < 1.29 is 14.0 Å². The van der Waals surface area contributed by atoms with E-state index in [0.29, 0.717) is 23.1 Å². The van der Waals surface area contributed by atoms with Gasteiger partial charge in [-0.25, -0.2) is 0 Å². The van der Waals surface area contributed by atoms with E-state index in [9.17, 15) is 14.4 Å². The molecule has 0 fully saturated rings. The van der Waals surface area contributed by atoms with Gasteiger partial charge in [0.05, 0.1) is 16.6 Å². The number of benzene rings is 3. The molecule has 186 valence electrons. The Labute approximate surface area is 215 Å². The monoisotopic (exact) mass is 492 g/mol. The van der Waals surface area contributed by atoms with E-state index in [4.69, 9.17) is 4.42 Å². The predicted molar refractivity (Wildman–Crippen MR) is 143 cm³/mol. The lowest BCUT2D eigenvalue weighted by Gasteiger charge is -2.34. The number of fused-ring (bicyclic) bond motifs is 5. The highest BCUT2D eigenvalue weighted by Crippen LogP contribution is 2.53. The number of anilines is 1. The smallest absolute Gasteiger partial charge is 0.291 e. The summed E-state index contributed by atoms with van der Waals surface area (Å²) in [6.07, 6.45) is 0.736. The molecule has 6 heteroatoms. The molecule has 0 bridgehead atoms. The lowest BCUT2D eigenvalue weighted by atomic mass is 9.83. The number of hydrogen-bond acceptors (Lipinski definition) is 4. The summed E-state index contributed by atoms with van der Waals surface area (Å²) in [7, 11) is 0. The Morgan fingerprint density at radius 1 is 0.892 bits per heavy atom. The quantitative estimate of drug-likeness (QED) is 0.384. The van der Waals surface area contributed by atoms with Crippen LogP contribution < -0.4 is 10.3 Å². The van der Waals surface area contributed by atoms with Crippen LogP contribution in [0, 0.1) is 20.8 Å². The molecule has 0 N–H and O–H groups in total. The summed E-state index contributed by atoms with van der Waals surface area (Å²) in [4.78, 5) is 46.1. The van der Waals surface area contributed by atoms with Crippen LogP contribution in [0.1, 0.15) is 57.3 Å². The first-order valence-electron chi connectivity index (χ1n) is 12.7. The number of hydrogen-bond donors (Lipinski definition) is 0. The minimum Gasteiger partial charge on any atom is -0.450 e. The molecule has 0 saturated carbocycles. The molecular formula is C31H28N2O4. The highest BCUT2D eigenvalue weighted by atomic mass is 16.3. The molecule has 0 radical (unpaired) electrons. The SMILES string of the molecule is CCCN1C(=O)C2(c3ccccc31)c1c(oc3cc(C)c(C)cc3c1=O)C(=O)N2Cc1ccc(C)cc1. The lowest BCUT2D eigenvalue weighted by molar-refractivity contribution is -0.126. The summed E-state index contributed by atoms with van der Waals surface area (Å²) in [6, 6.07) is 18.9. The van der Waals surface area contributed by atoms with Crippen LogP contribution in [-0.4, -0.2) is 23.3 Å². The molecule has 2 aliphatic rings. The predicted octanol–water partition coefficient (Wildman–Crippen LogP) is 5.37. The summed E-state index contributed by atoms with van der Waals surface area (Å²) < 4.78 is 6.20. The molecule has 37 heavy (non-hydrogen) atoms. The van der Waals surface area contributed by atoms with Crippen LogP contribution in [0.25, 0.3) is 11.0 Å². The second kappa shape index (κ2) is 8.17. The molecule has 6 rings (SSSR count). The zero-order valence-electron chi connectivity index (χ0n) is 21.4. The van der Waals surface area contributed by atoms with E-state index in [2.05, 4.69) is 0 Å². The number of aryl methyl sites for hydroxylation is 3. The van der Waals surface area contributed by atoms with Crippen molar-refractivity contribution in [2.75, 3.05) is 11.4 Å². The molecule has 3 aromatic carbocycles. The lowest BCUT2D eigenvalue weighted by Crippen LogP contribution is -2.53. The Bertz CT molecular complexity index is 1670. The number of amides is 2. The highest BCUT2D eigenvalue weighted by Gasteiger charge is 2.64. The second-order valence-electron chi connectivity index (χ2n) is 10.1. The van der Waals surface area contributed by atoms with Gasteiger partial charge in [0.25, 0.3) is 11.8 Å². The molecule has 1 unspecified atom stereocenters. The average molecular weight is 493 g/mol. The number of carbonyl (C=O) groups is 2. The van der Waals surface area contributed by atoms with Gasteiger partial charge in [0.15, 0.2) is 11.0 Å². The van der Waals surface area contributed by atoms with Gasteiger partial charge in [0.2, 0.25) is 5.76 Å². The number of nitrogens with zero attached hydrogens (tertiary/aromatic N) is 2. The minimum absolute atomic E-state index is 0.0469. The number of rotatable bonds is 4. The molecule has 1 aromatic heterocycles. The topological polar surface area (TPSA) is 70.8 Å². The zero-order valence-corrected chi connectivity index (χ0v) is 21.4. The van der Waals surface area contributed by atoms with Crippen LogP contribution >= 0.6 is 0 Å². The molecular weight excluding hydrogens is 464 g/mol. The Morgan fingerprint density at radius 2 is 1.59 bits per heavy atom. The Morgan fingerprint density at radius 3 is 2.32 bits per heavy atom. The third-order valence-corrected chi connectivity index (χ3v) is 7.76. The van der Waals surface area contributed by atoms with Gasteiger partial charge in [-0.1, -0.05) is 55.0 Å². The summed E-state index contributed by atoms with van der Waals surface area (Å²) >= 11 is 0. The van der Waals surface area contributed by atoms with Crippen LogP contribution in [0.15, 0.2) is 69.9 Å². The van der Waals surface area contributed by atoms with E-state index in [1.807, 2.05) is 76.2 Å². The van der Waals surface area contributed by atoms with Crippen molar-refractivity contribution in [2.24, 2.45) is 0 Å². The third-order valence-electron chi connectivity index (χ3n) is 7.76. The van der Waals surface area contributed by atoms with Gasteiger partial charge in [-0.15, -0.1) is 0 Å². The van der Waals surface area contributed by atoms with Gasteiger partial charge in [-0.2, -0.15) is 0 Å². The zero-order chi connectivity index (χ0) is 26.1. The molecule has 1 spiro atoms. The van der Waals surface area contributed by atoms with Crippen LogP contribution in [0.3, 0.4) is 0 Å². The number of para-hydroxylation sites is 1. The average Bonchev–Trinajstić information content (AvgIpc) is 3.27. The van der Waals surface area contributed by atoms with Gasteiger partial charge in [-0.05, 0) is 62.1 Å². The first kappa shape index (κ1) is 23.2. The van der Waals surface area contributed by atoms with Crippen molar-refractivity contribution in [3.63, 3.8) is 0 Å². The van der Waals surface area contributed by atoms with Crippen molar-refractivity contribution in [2.45, 2.75) is 46.2 Å². The van der Waals surface area contributed by atoms with Crippen LogP contribution in [0.2, 0.25) is 0 Å². The number of carbonyl (C=O) groups excluding carboxylic acids is 2. The van der Waals surface area contributed by atoms with Gasteiger partial charge in [0.1, 0.15) is 5.58 Å². The molecule has 0 saturated heterocycles. The first-order valence-corrected chi connectivity index (χ1v) is 12.7. The summed E-state index contributed by atoms with van der Waals surface area (Å²) in [5, 5.41) is 0.380. The van der Waals surface area contributed by atoms with E-state index < -0.39 is 11.4 Å². The van der Waals surface area contributed by atoms with E-state index in [0.717, 1.165) is 34.4 Å². The molecule has 4 aromatic rings. The summed E-state index contributed by atoms with van der Waals surface area (Å²) in [5.74, 6) is -0.783. The molecule has 2 aliphatic heterocycles. The molecule has 2 amide bonds. The maximum absolute atomic E-state index is 14.5. The van der Waals surface area contributed by atoms with Gasteiger partial charge in [-0.3, -0.25) is 14.4 Å². The minimum atomic E-state index is -1.59. The Kier molecular flexibility index (Phi) is 5.13. The van der Waals surface area contributed by atoms with Crippen LogP contribution in [0.5, 0.6) is 0 Å². The largest absolute Gasteiger partial charge is 0.450 e. The highest BCUT2D eigenvalue weighted by molar-refractivity contribution is 6.17. The van der Waals surface area contributed by atoms with Crippen molar-refractivity contribution in [1.82, 2.24) is 4.90 Å². The Hall–Kier alpha value is -4.19. The normalized spacial score (nSPS) is 18.3. The van der Waals surface area contributed by atoms with Gasteiger partial charge < -0.3 is 14.2 Å². The molecule has 0 aliphatic carbocycles. The van der Waals surface area contributed by atoms with Crippen molar-refractivity contribution in [1.29, 1.82) is 0 Å². The van der Waals surface area contributed by atoms with Crippen molar-refractivity contribution in [3.8, 4) is 0 Å². The third kappa shape index (κ3) is 3.08. The van der Waals surface area contributed by atoms with Gasteiger partial charge >= 0.3 is 0 Å². The van der Waals surface area contributed by atoms with Crippen LogP contribution in [-0.2, 0) is 16.9 Å². The molecule has 3 heterocycles. The fourth-order valence-electron chi connectivity index (χ4n) is 5.79. The fraction of sp³-hybridized carbons (Fsp3) is 0.258. The fourth-order valence-corrected chi connectivity index (χ4v) is 5.79. The molecule has 1 atom stereocenters. The standard InChI is InChI=1S/C31H28N2O4/c1-5-14-32-24-9-7-6-8-23(24)31(30(32)36)26-27(34)22-15-19(3)20(4)16-25(22)37-28(26)29(35)33(31)17-21-12-10-18(2)11-13-21/h6-13,15-16H,5,14,17H2,1-4H3. The Balaban J connectivity index is 1.70. The van der Waals surface area contributed by atoms with Gasteiger partial charge in [0, 0.05) is 18.7 Å². The second-order valence-corrected chi connectivity index (χ2v) is 10.1. The van der Waals surface area contributed by atoms with E-state index in [-0.39, 0.29) is 29.2 Å². The van der Waals surface area contributed by atoms with Crippen molar-refractivity contribution >= 4 is 28.5 Å². The first-order chi connectivity index (χ1) is 17.8. The maximum Gasteiger partial charge on any atom is 0.291 e. The van der Waals surface area contributed by atoms with E-state index in [1.54, 1.807) is 21.9 Å². The molecule has 6 nitrogen and oxygen atoms in total. The van der Waals surface area contributed by atoms with E-state index >= 15 is 0 Å². The summed E-state index contributed by atoms with van der Waals surface area (Å²) in [5.41, 5.74) is 3.80. The van der Waals surface area contributed by atoms with Crippen molar-refractivity contribution in [3.05, 3.63) is 110 Å². The maximum atomic E-state index is 14.5. The summed E-state index contributed by atoms with van der Waals surface area (Å²) in [6.45, 7) is 8.53.